The molecule has 0 N–H and O–H groups in total. The predicted octanol–water partition coefficient (Wildman–Crippen LogP) is 3.99. The minimum Gasteiger partial charge on any atom is -0.462 e. The first-order valence-electron chi connectivity index (χ1n) is 13.9. The van der Waals surface area contributed by atoms with Gasteiger partial charge in [-0.2, -0.15) is 28.4 Å². The van der Waals surface area contributed by atoms with E-state index in [4.69, 9.17) is 21.3 Å². The second-order valence-corrected chi connectivity index (χ2v) is 11.3. The predicted molar refractivity (Wildman–Crippen MR) is 150 cm³/mol. The number of likely N-dealkylation sites (N-methyl/N-ethyl adjacent to an activating group) is 1. The molecule has 3 aliphatic heterocycles. The van der Waals surface area contributed by atoms with Crippen LogP contribution in [-0.2, 0) is 23.9 Å². The summed E-state index contributed by atoms with van der Waals surface area (Å²) in [6, 6.07) is 1.70. The molecule has 5 heterocycles. The summed E-state index contributed by atoms with van der Waals surface area (Å²) in [5.74, 6) is -1.44. The van der Waals surface area contributed by atoms with E-state index in [9.17, 15) is 27.6 Å². The number of nitrogens with zero attached hydrogens (tertiary/aromatic N) is 8. The van der Waals surface area contributed by atoms with Crippen LogP contribution in [-0.4, -0.2) is 89.1 Å². The molecule has 2 unspecified atom stereocenters. The number of carbonyl (C=O) groups excluding carboxylic acids is 1. The summed E-state index contributed by atoms with van der Waals surface area (Å²) in [4.78, 5) is 32.6. The molecule has 1 amide bonds. The average Bonchev–Trinajstić information content (AvgIpc) is 3.38. The van der Waals surface area contributed by atoms with Crippen LogP contribution in [0.1, 0.15) is 36.1 Å². The van der Waals surface area contributed by atoms with E-state index in [2.05, 4.69) is 27.5 Å². The van der Waals surface area contributed by atoms with Crippen LogP contribution in [0.5, 0.6) is 6.01 Å². The molecule has 2 fully saturated rings. The molecule has 2 atom stereocenters. The van der Waals surface area contributed by atoms with E-state index in [0.29, 0.717) is 24.5 Å². The first-order valence-corrected chi connectivity index (χ1v) is 14.3. The van der Waals surface area contributed by atoms with Crippen molar-refractivity contribution >= 4 is 29.0 Å². The standard InChI is InChI=1S/C28H31ClF4N8O2/c1-17(30)26(42)41-11-10-40(14-18(41)5-7-34)25-20-6-9-39(23-13-35-12-21(29)24(23)28(31,32)33)15-22(20)36-27(37-25)43-16-19-4-3-8-38(19)2/h12-13,18-19H,1,3-6,8-11,14-16H2,2H3. The lowest BCUT2D eigenvalue weighted by Crippen LogP contribution is -2.55. The summed E-state index contributed by atoms with van der Waals surface area (Å²) in [6.07, 6.45) is -0.296. The number of anilines is 2. The maximum Gasteiger partial charge on any atom is 0.419 e. The van der Waals surface area contributed by atoms with Crippen LogP contribution in [0, 0.1) is 11.3 Å². The Morgan fingerprint density at radius 3 is 2.65 bits per heavy atom. The minimum atomic E-state index is -4.69. The van der Waals surface area contributed by atoms with Crippen molar-refractivity contribution in [1.29, 1.82) is 5.26 Å². The lowest BCUT2D eigenvalue weighted by molar-refractivity contribution is -0.137. The molecule has 230 valence electrons. The van der Waals surface area contributed by atoms with E-state index in [0.717, 1.165) is 37.3 Å². The van der Waals surface area contributed by atoms with Crippen molar-refractivity contribution in [1.82, 2.24) is 24.8 Å². The van der Waals surface area contributed by atoms with Gasteiger partial charge in [-0.05, 0) is 32.9 Å². The Morgan fingerprint density at radius 1 is 1.19 bits per heavy atom. The molecule has 0 radical (unpaired) electrons. The van der Waals surface area contributed by atoms with Gasteiger partial charge in [-0.15, -0.1) is 0 Å². The van der Waals surface area contributed by atoms with E-state index in [1.165, 1.54) is 9.80 Å². The van der Waals surface area contributed by atoms with Crippen molar-refractivity contribution in [2.45, 2.75) is 50.5 Å². The summed E-state index contributed by atoms with van der Waals surface area (Å²) in [7, 11) is 2.01. The molecule has 43 heavy (non-hydrogen) atoms. The van der Waals surface area contributed by atoms with Gasteiger partial charge in [0.2, 0.25) is 0 Å². The summed E-state index contributed by atoms with van der Waals surface area (Å²) < 4.78 is 61.7. The molecule has 0 spiro atoms. The van der Waals surface area contributed by atoms with Crippen LogP contribution in [0.4, 0.5) is 29.1 Å². The molecule has 3 aliphatic rings. The van der Waals surface area contributed by atoms with Crippen molar-refractivity contribution < 1.29 is 27.1 Å². The van der Waals surface area contributed by atoms with Gasteiger partial charge in [-0.3, -0.25) is 9.78 Å². The number of rotatable bonds is 7. The molecule has 0 saturated carbocycles. The number of amides is 1. The summed E-state index contributed by atoms with van der Waals surface area (Å²) >= 11 is 5.95. The first-order chi connectivity index (χ1) is 20.5. The number of carbonyl (C=O) groups is 1. The number of halogens is 5. The second-order valence-electron chi connectivity index (χ2n) is 10.9. The first kappa shape index (κ1) is 30.7. The normalized spacial score (nSPS) is 21.0. The molecule has 10 nitrogen and oxygen atoms in total. The Morgan fingerprint density at radius 2 is 1.98 bits per heavy atom. The molecule has 0 bridgehead atoms. The number of likely N-dealkylation sites (tertiary alicyclic amines) is 1. The third-order valence-corrected chi connectivity index (χ3v) is 8.49. The summed E-state index contributed by atoms with van der Waals surface area (Å²) in [6.45, 7) is 5.24. The number of fused-ring (bicyclic) bond motifs is 1. The highest BCUT2D eigenvalue weighted by molar-refractivity contribution is 6.31. The highest BCUT2D eigenvalue weighted by Crippen LogP contribution is 2.42. The van der Waals surface area contributed by atoms with E-state index < -0.39 is 34.5 Å². The van der Waals surface area contributed by atoms with Gasteiger partial charge in [0.05, 0.1) is 47.7 Å². The Kier molecular flexibility index (Phi) is 8.94. The number of hydrogen-bond donors (Lipinski definition) is 0. The van der Waals surface area contributed by atoms with Crippen LogP contribution in [0.3, 0.4) is 0 Å². The Balaban J connectivity index is 1.49. The zero-order valence-electron chi connectivity index (χ0n) is 23.6. The molecular formula is C28H31ClF4N8O2. The average molecular weight is 623 g/mol. The van der Waals surface area contributed by atoms with Gasteiger partial charge >= 0.3 is 12.2 Å². The number of hydrogen-bond acceptors (Lipinski definition) is 9. The van der Waals surface area contributed by atoms with Crippen molar-refractivity contribution in [3.8, 4) is 12.1 Å². The van der Waals surface area contributed by atoms with Crippen molar-refractivity contribution in [3.63, 3.8) is 0 Å². The van der Waals surface area contributed by atoms with E-state index in [-0.39, 0.29) is 56.9 Å². The number of alkyl halides is 3. The SMILES string of the molecule is C=C(F)C(=O)N1CCN(c2nc(OCC3CCCN3C)nc3c2CCN(c2cncc(Cl)c2C(F)(F)F)C3)CC1CC#N. The quantitative estimate of drug-likeness (QED) is 0.335. The van der Waals surface area contributed by atoms with E-state index >= 15 is 0 Å². The number of nitriles is 1. The van der Waals surface area contributed by atoms with Crippen LogP contribution < -0.4 is 14.5 Å². The fraction of sp³-hybridized carbons (Fsp3) is 0.536. The maximum absolute atomic E-state index is 14.0. The zero-order chi connectivity index (χ0) is 30.9. The largest absolute Gasteiger partial charge is 0.462 e. The molecule has 0 aromatic carbocycles. The van der Waals surface area contributed by atoms with Crippen molar-refractivity contribution in [2.75, 3.05) is 56.2 Å². The van der Waals surface area contributed by atoms with Crippen LogP contribution >= 0.6 is 11.6 Å². The zero-order valence-corrected chi connectivity index (χ0v) is 24.3. The fourth-order valence-electron chi connectivity index (χ4n) is 5.98. The third-order valence-electron chi connectivity index (χ3n) is 8.21. The minimum absolute atomic E-state index is 0.0252. The third kappa shape index (κ3) is 6.47. The molecule has 0 aliphatic carbocycles. The molecule has 15 heteroatoms. The number of aromatic nitrogens is 3. The molecule has 2 saturated heterocycles. The topological polar surface area (TPSA) is 102 Å². The Labute approximate surface area is 251 Å². The van der Waals surface area contributed by atoms with Crippen LogP contribution in [0.2, 0.25) is 5.02 Å². The lowest BCUT2D eigenvalue weighted by Gasteiger charge is -2.42. The maximum atomic E-state index is 14.0. The fourth-order valence-corrected chi connectivity index (χ4v) is 6.24. The molecular weight excluding hydrogens is 592 g/mol. The highest BCUT2D eigenvalue weighted by atomic mass is 35.5. The molecule has 5 rings (SSSR count). The Hall–Kier alpha value is -3.70. The summed E-state index contributed by atoms with van der Waals surface area (Å²) in [5.41, 5.74) is 0.118. The van der Waals surface area contributed by atoms with Gasteiger partial charge in [0.1, 0.15) is 18.0 Å². The van der Waals surface area contributed by atoms with E-state index in [1.807, 2.05) is 11.9 Å². The van der Waals surface area contributed by atoms with Gasteiger partial charge in [-0.1, -0.05) is 18.2 Å². The van der Waals surface area contributed by atoms with Crippen LogP contribution in [0.15, 0.2) is 24.8 Å². The van der Waals surface area contributed by atoms with Crippen molar-refractivity contribution in [2.24, 2.45) is 0 Å². The van der Waals surface area contributed by atoms with Gasteiger partial charge in [-0.25, -0.2) is 4.39 Å². The summed E-state index contributed by atoms with van der Waals surface area (Å²) in [5, 5.41) is 8.92. The van der Waals surface area contributed by atoms with Gasteiger partial charge in [0, 0.05) is 44.0 Å². The number of piperazine rings is 1. The van der Waals surface area contributed by atoms with Crippen molar-refractivity contribution in [3.05, 3.63) is 46.6 Å². The smallest absolute Gasteiger partial charge is 0.419 e. The van der Waals surface area contributed by atoms with E-state index in [1.54, 1.807) is 0 Å². The van der Waals surface area contributed by atoms with Gasteiger partial charge < -0.3 is 24.3 Å². The monoisotopic (exact) mass is 622 g/mol. The lowest BCUT2D eigenvalue weighted by atomic mass is 10.0. The Bertz CT molecular complexity index is 1430. The second kappa shape index (κ2) is 12.5. The number of ether oxygens (including phenoxy) is 1. The van der Waals surface area contributed by atoms with Crippen LogP contribution in [0.25, 0.3) is 0 Å². The molecule has 2 aromatic rings. The van der Waals surface area contributed by atoms with Gasteiger partial charge in [0.15, 0.2) is 5.83 Å². The van der Waals surface area contributed by atoms with Gasteiger partial charge in [0.25, 0.3) is 5.91 Å². The number of pyridine rings is 1. The molecule has 2 aromatic heterocycles. The highest BCUT2D eigenvalue weighted by Gasteiger charge is 2.40.